The minimum absolute atomic E-state index is 1.09. The molecule has 0 nitrogen and oxygen atoms in total. The molecule has 0 aromatic heterocycles. The Morgan fingerprint density at radius 2 is 1.42 bits per heavy atom. The average Bonchev–Trinajstić information content (AvgIpc) is 2.30. The molecule has 1 aliphatic rings. The van der Waals surface area contributed by atoms with Gasteiger partial charge in [0.25, 0.3) is 0 Å². The summed E-state index contributed by atoms with van der Waals surface area (Å²) in [7, 11) is 0. The van der Waals surface area contributed by atoms with E-state index in [-0.39, 0.29) is 0 Å². The Balaban J connectivity index is 2.55. The first-order chi connectivity index (χ1) is 5.66. The first-order valence-corrected chi connectivity index (χ1v) is 4.42. The number of hydrogen-bond donors (Lipinski definition) is 0. The van der Waals surface area contributed by atoms with Crippen LogP contribution < -0.4 is 0 Å². The molecule has 0 heteroatoms. The maximum absolute atomic E-state index is 4.03. The molecular formula is C12H14. The van der Waals surface area contributed by atoms with Gasteiger partial charge in [0.1, 0.15) is 0 Å². The van der Waals surface area contributed by atoms with Crippen molar-refractivity contribution in [2.24, 2.45) is 0 Å². The summed E-state index contributed by atoms with van der Waals surface area (Å²) < 4.78 is 0. The molecule has 12 heavy (non-hydrogen) atoms. The summed E-state index contributed by atoms with van der Waals surface area (Å²) in [4.78, 5) is 0. The van der Waals surface area contributed by atoms with Crippen molar-refractivity contribution in [1.29, 1.82) is 0 Å². The van der Waals surface area contributed by atoms with Crippen molar-refractivity contribution >= 4 is 0 Å². The van der Waals surface area contributed by atoms with Crippen LogP contribution in [0.3, 0.4) is 0 Å². The second-order valence-electron chi connectivity index (χ2n) is 3.81. The third-order valence-corrected chi connectivity index (χ3v) is 2.70. The first-order valence-electron chi connectivity index (χ1n) is 4.42. The van der Waals surface area contributed by atoms with Crippen molar-refractivity contribution in [3.8, 4) is 0 Å². The van der Waals surface area contributed by atoms with E-state index in [1.54, 1.807) is 0 Å². The zero-order valence-corrected chi connectivity index (χ0v) is 7.78. The van der Waals surface area contributed by atoms with Gasteiger partial charge in [0.15, 0.2) is 0 Å². The molecule has 2 rings (SSSR count). The zero-order valence-electron chi connectivity index (χ0n) is 7.78. The molecule has 0 spiro atoms. The molecule has 0 N–H and O–H groups in total. The van der Waals surface area contributed by atoms with E-state index >= 15 is 0 Å². The summed E-state index contributed by atoms with van der Waals surface area (Å²) in [6.07, 6.45) is 2.19. The van der Waals surface area contributed by atoms with Crippen molar-refractivity contribution in [2.75, 3.05) is 0 Å². The molecule has 62 valence electrons. The monoisotopic (exact) mass is 158 g/mol. The van der Waals surface area contributed by atoms with Crippen molar-refractivity contribution in [2.45, 2.75) is 26.7 Å². The van der Waals surface area contributed by atoms with Crippen LogP contribution in [0.5, 0.6) is 0 Å². The predicted molar refractivity (Wildman–Crippen MR) is 52.5 cm³/mol. The highest BCUT2D eigenvalue weighted by atomic mass is 14.2. The molecule has 0 amide bonds. The maximum atomic E-state index is 4.03. The highest BCUT2D eigenvalue weighted by Gasteiger charge is 2.14. The van der Waals surface area contributed by atoms with Crippen molar-refractivity contribution in [3.63, 3.8) is 0 Å². The van der Waals surface area contributed by atoms with Crippen molar-refractivity contribution < 1.29 is 0 Å². The minimum Gasteiger partial charge on any atom is -0.0992 e. The molecule has 0 heterocycles. The lowest BCUT2D eigenvalue weighted by Gasteiger charge is -2.03. The van der Waals surface area contributed by atoms with E-state index in [0.29, 0.717) is 0 Å². The Morgan fingerprint density at radius 1 is 1.00 bits per heavy atom. The number of benzene rings is 1. The quantitative estimate of drug-likeness (QED) is 0.509. The van der Waals surface area contributed by atoms with Gasteiger partial charge in [-0.2, -0.15) is 0 Å². The van der Waals surface area contributed by atoms with Gasteiger partial charge in [-0.25, -0.2) is 0 Å². The molecule has 0 saturated heterocycles. The topological polar surface area (TPSA) is 0 Å². The van der Waals surface area contributed by atoms with Gasteiger partial charge in [0, 0.05) is 0 Å². The number of fused-ring (bicyclic) bond motifs is 1. The van der Waals surface area contributed by atoms with Gasteiger partial charge in [0.2, 0.25) is 0 Å². The Morgan fingerprint density at radius 3 is 1.83 bits per heavy atom. The minimum atomic E-state index is 1.09. The lowest BCUT2D eigenvalue weighted by atomic mass is 10.0. The number of hydrogen-bond acceptors (Lipinski definition) is 0. The van der Waals surface area contributed by atoms with E-state index < -0.39 is 0 Å². The zero-order chi connectivity index (χ0) is 8.72. The number of aryl methyl sites for hydroxylation is 2. The van der Waals surface area contributed by atoms with Crippen LogP contribution in [0, 0.1) is 13.8 Å². The Kier molecular flexibility index (Phi) is 1.57. The Bertz CT molecular complexity index is 312. The second kappa shape index (κ2) is 2.48. The van der Waals surface area contributed by atoms with E-state index in [1.807, 2.05) is 0 Å². The molecule has 0 radical (unpaired) electrons. The SMILES string of the molecule is C=C1Cc2cc(C)c(C)cc2C1. The van der Waals surface area contributed by atoms with Crippen LogP contribution in [0.1, 0.15) is 22.3 Å². The maximum Gasteiger partial charge on any atom is -0.00635 e. The Labute approximate surface area is 73.9 Å². The highest BCUT2D eigenvalue weighted by Crippen LogP contribution is 2.27. The van der Waals surface area contributed by atoms with Crippen LogP contribution in [0.2, 0.25) is 0 Å². The van der Waals surface area contributed by atoms with E-state index in [4.69, 9.17) is 0 Å². The van der Waals surface area contributed by atoms with Crippen molar-refractivity contribution in [3.05, 3.63) is 46.5 Å². The van der Waals surface area contributed by atoms with Crippen LogP contribution in [0.25, 0.3) is 0 Å². The third-order valence-electron chi connectivity index (χ3n) is 2.70. The molecule has 0 fully saturated rings. The molecule has 1 aliphatic carbocycles. The largest absolute Gasteiger partial charge is 0.0992 e. The lowest BCUT2D eigenvalue weighted by Crippen LogP contribution is -1.87. The average molecular weight is 158 g/mol. The lowest BCUT2D eigenvalue weighted by molar-refractivity contribution is 1.18. The summed E-state index contributed by atoms with van der Waals surface area (Å²) in [6.45, 7) is 8.38. The van der Waals surface area contributed by atoms with Gasteiger partial charge in [-0.3, -0.25) is 0 Å². The first kappa shape index (κ1) is 7.60. The van der Waals surface area contributed by atoms with Crippen LogP contribution in [0.15, 0.2) is 24.3 Å². The fraction of sp³-hybridized carbons (Fsp3) is 0.333. The van der Waals surface area contributed by atoms with Crippen molar-refractivity contribution in [1.82, 2.24) is 0 Å². The van der Waals surface area contributed by atoms with Gasteiger partial charge < -0.3 is 0 Å². The fourth-order valence-corrected chi connectivity index (χ4v) is 1.87. The molecule has 0 unspecified atom stereocenters. The van der Waals surface area contributed by atoms with E-state index in [1.165, 1.54) is 27.8 Å². The van der Waals surface area contributed by atoms with E-state index in [9.17, 15) is 0 Å². The van der Waals surface area contributed by atoms with Gasteiger partial charge in [-0.15, -0.1) is 0 Å². The van der Waals surface area contributed by atoms with Gasteiger partial charge in [-0.1, -0.05) is 24.3 Å². The molecule has 0 atom stereocenters. The molecule has 1 aromatic carbocycles. The summed E-state index contributed by atoms with van der Waals surface area (Å²) in [6, 6.07) is 4.62. The highest BCUT2D eigenvalue weighted by molar-refractivity contribution is 5.45. The molecule has 0 aliphatic heterocycles. The van der Waals surface area contributed by atoms with Crippen LogP contribution in [-0.2, 0) is 12.8 Å². The fourth-order valence-electron chi connectivity index (χ4n) is 1.87. The summed E-state index contributed by atoms with van der Waals surface area (Å²) in [5, 5.41) is 0. The Hall–Kier alpha value is -1.04. The van der Waals surface area contributed by atoms with Crippen LogP contribution in [-0.4, -0.2) is 0 Å². The van der Waals surface area contributed by atoms with E-state index in [0.717, 1.165) is 12.8 Å². The molecule has 0 bridgehead atoms. The van der Waals surface area contributed by atoms with Gasteiger partial charge in [0.05, 0.1) is 0 Å². The molecular weight excluding hydrogens is 144 g/mol. The van der Waals surface area contributed by atoms with Crippen LogP contribution >= 0.6 is 0 Å². The second-order valence-corrected chi connectivity index (χ2v) is 3.81. The van der Waals surface area contributed by atoms with Gasteiger partial charge in [-0.05, 0) is 48.9 Å². The molecule has 1 aromatic rings. The van der Waals surface area contributed by atoms with Crippen LogP contribution in [0.4, 0.5) is 0 Å². The third kappa shape index (κ3) is 1.08. The predicted octanol–water partition coefficient (Wildman–Crippen LogP) is 2.96. The van der Waals surface area contributed by atoms with Gasteiger partial charge >= 0.3 is 0 Å². The van der Waals surface area contributed by atoms with E-state index in [2.05, 4.69) is 32.6 Å². The molecule has 0 saturated carbocycles. The normalized spacial score (nSPS) is 15.0. The number of allylic oxidation sites excluding steroid dienone is 1. The number of rotatable bonds is 0. The standard InChI is InChI=1S/C12H14/c1-8-4-11-6-9(2)10(3)7-12(11)5-8/h6-7H,1,4-5H2,2-3H3. The smallest absolute Gasteiger partial charge is 0.00635 e. The summed E-state index contributed by atoms with van der Waals surface area (Å²) in [5.41, 5.74) is 7.15. The summed E-state index contributed by atoms with van der Waals surface area (Å²) in [5.74, 6) is 0. The summed E-state index contributed by atoms with van der Waals surface area (Å²) >= 11 is 0.